The fourth-order valence-corrected chi connectivity index (χ4v) is 5.78. The number of benzene rings is 3. The lowest BCUT2D eigenvalue weighted by molar-refractivity contribution is 0.1000. The summed E-state index contributed by atoms with van der Waals surface area (Å²) in [6, 6.07) is 31.5. The third-order valence-corrected chi connectivity index (χ3v) is 8.61. The Bertz CT molecular complexity index is 2040. The van der Waals surface area contributed by atoms with Gasteiger partial charge in [-0.2, -0.15) is 0 Å². The standard InChI is InChI=1S/C30H31N7.C8H6O3/c1-21-19-36(18-17-35(21)2)20-22-10-12-24(13-11-22)37-29(25-9-6-16-32-28(25)31)34-27-15-14-26(33-30(27)37)23-7-4-3-5-8-23;9-4-6-1-2-8(11)7(3-6)5-10/h3-16,21H,17-20H2,1-2H3,(H2,31,32);1-5,11H/t21-;/m0./s1. The number of imidazole rings is 1. The summed E-state index contributed by atoms with van der Waals surface area (Å²) >= 11 is 0. The zero-order chi connectivity index (χ0) is 33.6. The van der Waals surface area contributed by atoms with E-state index < -0.39 is 0 Å². The van der Waals surface area contributed by atoms with Crippen LogP contribution in [0.4, 0.5) is 5.82 Å². The van der Waals surface area contributed by atoms with Crippen molar-refractivity contribution < 1.29 is 14.7 Å². The number of anilines is 1. The quantitative estimate of drug-likeness (QED) is 0.206. The first-order chi connectivity index (χ1) is 23.3. The lowest BCUT2D eigenvalue weighted by atomic mass is 10.1. The summed E-state index contributed by atoms with van der Waals surface area (Å²) in [4.78, 5) is 39.7. The number of carbonyl (C=O) groups is 2. The van der Waals surface area contributed by atoms with Crippen LogP contribution < -0.4 is 5.73 Å². The van der Waals surface area contributed by atoms with Crippen LogP contribution in [0.2, 0.25) is 0 Å². The first kappa shape index (κ1) is 32.2. The first-order valence-corrected chi connectivity index (χ1v) is 15.8. The molecule has 1 fully saturated rings. The fraction of sp³-hybridized carbons (Fsp3) is 0.184. The summed E-state index contributed by atoms with van der Waals surface area (Å²) in [5.41, 5.74) is 13.5. The lowest BCUT2D eigenvalue weighted by Crippen LogP contribution is -2.49. The Balaban J connectivity index is 0.000000312. The van der Waals surface area contributed by atoms with Crippen molar-refractivity contribution in [2.75, 3.05) is 32.4 Å². The minimum atomic E-state index is -0.106. The molecule has 3 aromatic heterocycles. The third-order valence-electron chi connectivity index (χ3n) is 8.61. The number of pyridine rings is 2. The Morgan fingerprint density at radius 3 is 2.40 bits per heavy atom. The molecule has 0 bridgehead atoms. The van der Waals surface area contributed by atoms with Gasteiger partial charge in [-0.3, -0.25) is 19.1 Å². The number of phenolic OH excluding ortho intramolecular Hbond substituents is 1. The van der Waals surface area contributed by atoms with E-state index in [0.717, 1.165) is 65.7 Å². The molecule has 1 aliphatic rings. The van der Waals surface area contributed by atoms with Gasteiger partial charge in [-0.1, -0.05) is 42.5 Å². The number of piperazine rings is 1. The zero-order valence-electron chi connectivity index (χ0n) is 26.9. The summed E-state index contributed by atoms with van der Waals surface area (Å²) in [5.74, 6) is 1.08. The minimum absolute atomic E-state index is 0.106. The van der Waals surface area contributed by atoms with Gasteiger partial charge < -0.3 is 15.7 Å². The normalized spacial score (nSPS) is 15.1. The summed E-state index contributed by atoms with van der Waals surface area (Å²) < 4.78 is 2.09. The predicted octanol–water partition coefficient (Wildman–Crippen LogP) is 5.88. The molecule has 0 unspecified atom stereocenters. The maximum atomic E-state index is 10.2. The monoisotopic (exact) mass is 639 g/mol. The molecule has 1 saturated heterocycles. The molecule has 242 valence electrons. The van der Waals surface area contributed by atoms with Crippen LogP contribution in [0.5, 0.6) is 5.75 Å². The van der Waals surface area contributed by atoms with Crippen molar-refractivity contribution in [1.29, 1.82) is 0 Å². The highest BCUT2D eigenvalue weighted by Gasteiger charge is 2.21. The maximum Gasteiger partial charge on any atom is 0.165 e. The molecule has 48 heavy (non-hydrogen) atoms. The van der Waals surface area contributed by atoms with Gasteiger partial charge in [0, 0.05) is 55.2 Å². The number of likely N-dealkylation sites (N-methyl/N-ethyl adjacent to an activating group) is 1. The van der Waals surface area contributed by atoms with E-state index in [1.165, 1.54) is 23.8 Å². The average molecular weight is 640 g/mol. The second-order valence-electron chi connectivity index (χ2n) is 11.9. The predicted molar refractivity (Wildman–Crippen MR) is 188 cm³/mol. The average Bonchev–Trinajstić information content (AvgIpc) is 3.50. The summed E-state index contributed by atoms with van der Waals surface area (Å²) in [7, 11) is 2.20. The molecule has 0 aliphatic carbocycles. The number of nitrogen functional groups attached to an aromatic ring is 1. The number of rotatable bonds is 7. The van der Waals surface area contributed by atoms with Gasteiger partial charge in [0.2, 0.25) is 0 Å². The number of phenols is 1. The molecule has 3 aromatic carbocycles. The van der Waals surface area contributed by atoms with E-state index in [1.54, 1.807) is 6.20 Å². The molecule has 4 heterocycles. The first-order valence-electron chi connectivity index (χ1n) is 15.8. The smallest absolute Gasteiger partial charge is 0.165 e. The van der Waals surface area contributed by atoms with Crippen LogP contribution in [0.3, 0.4) is 0 Å². The second kappa shape index (κ2) is 14.4. The van der Waals surface area contributed by atoms with Gasteiger partial charge in [-0.25, -0.2) is 15.0 Å². The Morgan fingerprint density at radius 1 is 0.896 bits per heavy atom. The van der Waals surface area contributed by atoms with Crippen LogP contribution in [-0.2, 0) is 6.54 Å². The van der Waals surface area contributed by atoms with Gasteiger partial charge >= 0.3 is 0 Å². The number of hydrogen-bond acceptors (Lipinski definition) is 9. The van der Waals surface area contributed by atoms with Crippen molar-refractivity contribution in [2.45, 2.75) is 19.5 Å². The second-order valence-corrected chi connectivity index (χ2v) is 11.9. The Kier molecular flexibility index (Phi) is 9.65. The van der Waals surface area contributed by atoms with Crippen LogP contribution in [0.1, 0.15) is 33.2 Å². The number of aromatic nitrogens is 4. The van der Waals surface area contributed by atoms with E-state index in [0.29, 0.717) is 30.0 Å². The van der Waals surface area contributed by atoms with E-state index in [4.69, 9.17) is 20.8 Å². The molecule has 10 nitrogen and oxygen atoms in total. The molecule has 6 aromatic rings. The molecular weight excluding hydrogens is 602 g/mol. The van der Waals surface area contributed by atoms with E-state index in [2.05, 4.69) is 69.7 Å². The van der Waals surface area contributed by atoms with Crippen LogP contribution >= 0.6 is 0 Å². The maximum absolute atomic E-state index is 10.2. The van der Waals surface area contributed by atoms with Gasteiger partial charge in [-0.05, 0) is 74.1 Å². The highest BCUT2D eigenvalue weighted by atomic mass is 16.3. The molecule has 0 radical (unpaired) electrons. The van der Waals surface area contributed by atoms with Crippen molar-refractivity contribution >= 4 is 29.6 Å². The number of nitrogens with zero attached hydrogens (tertiary/aromatic N) is 6. The number of fused-ring (bicyclic) bond motifs is 1. The van der Waals surface area contributed by atoms with Gasteiger partial charge in [0.1, 0.15) is 23.4 Å². The fourth-order valence-electron chi connectivity index (χ4n) is 5.78. The molecule has 10 heteroatoms. The molecule has 1 aliphatic heterocycles. The molecule has 0 saturated carbocycles. The number of aldehydes is 2. The van der Waals surface area contributed by atoms with E-state index in [1.807, 2.05) is 42.5 Å². The molecule has 0 spiro atoms. The number of nitrogens with two attached hydrogens (primary N) is 1. The highest BCUT2D eigenvalue weighted by molar-refractivity contribution is 5.85. The van der Waals surface area contributed by atoms with Crippen LogP contribution in [0.25, 0.3) is 39.5 Å². The molecule has 1 atom stereocenters. The van der Waals surface area contributed by atoms with Crippen molar-refractivity contribution in [1.82, 2.24) is 29.3 Å². The van der Waals surface area contributed by atoms with Crippen LogP contribution in [0, 0.1) is 0 Å². The van der Waals surface area contributed by atoms with Crippen molar-refractivity contribution in [3.05, 3.63) is 120 Å². The zero-order valence-corrected chi connectivity index (χ0v) is 26.9. The third kappa shape index (κ3) is 7.00. The molecule has 0 amide bonds. The van der Waals surface area contributed by atoms with Gasteiger partial charge in [0.15, 0.2) is 17.8 Å². The number of aromatic hydroxyl groups is 1. The summed E-state index contributed by atoms with van der Waals surface area (Å²) in [5, 5.41) is 8.98. The van der Waals surface area contributed by atoms with E-state index >= 15 is 0 Å². The van der Waals surface area contributed by atoms with Crippen molar-refractivity contribution in [2.24, 2.45) is 0 Å². The largest absolute Gasteiger partial charge is 0.507 e. The topological polar surface area (TPSA) is 130 Å². The SMILES string of the molecule is C[C@H]1CN(Cc2ccc(-n3c(-c4cccnc4N)nc4ccc(-c5ccccc5)nc43)cc2)CCN1C.O=Cc1ccc(O)c(C=O)c1. The molecule has 3 N–H and O–H groups in total. The summed E-state index contributed by atoms with van der Waals surface area (Å²) in [6.45, 7) is 6.52. The van der Waals surface area contributed by atoms with Gasteiger partial charge in [-0.15, -0.1) is 0 Å². The minimum Gasteiger partial charge on any atom is -0.507 e. The van der Waals surface area contributed by atoms with Crippen molar-refractivity contribution in [3.63, 3.8) is 0 Å². The van der Waals surface area contributed by atoms with E-state index in [9.17, 15) is 9.59 Å². The lowest BCUT2D eigenvalue weighted by Gasteiger charge is -2.37. The van der Waals surface area contributed by atoms with Gasteiger partial charge in [0.05, 0.1) is 16.8 Å². The number of carbonyl (C=O) groups excluding carboxylic acids is 2. The highest BCUT2D eigenvalue weighted by Crippen LogP contribution is 2.32. The molecular formula is C38H37N7O3. The van der Waals surface area contributed by atoms with Crippen molar-refractivity contribution in [3.8, 4) is 34.1 Å². The van der Waals surface area contributed by atoms with E-state index in [-0.39, 0.29) is 11.3 Å². The van der Waals surface area contributed by atoms with Crippen LogP contribution in [-0.4, -0.2) is 79.7 Å². The Labute approximate surface area is 279 Å². The summed E-state index contributed by atoms with van der Waals surface area (Å²) in [6.07, 6.45) is 2.82. The molecule has 7 rings (SSSR count). The Morgan fingerprint density at radius 2 is 1.69 bits per heavy atom. The van der Waals surface area contributed by atoms with Crippen LogP contribution in [0.15, 0.2) is 103 Å². The number of hydrogen-bond donors (Lipinski definition) is 2. The van der Waals surface area contributed by atoms with Gasteiger partial charge in [0.25, 0.3) is 0 Å². The Hall–Kier alpha value is -5.71.